The van der Waals surface area contributed by atoms with Gasteiger partial charge in [-0.15, -0.1) is 0 Å². The Morgan fingerprint density at radius 1 is 1.33 bits per heavy atom. The monoisotopic (exact) mass is 302 g/mol. The summed E-state index contributed by atoms with van der Waals surface area (Å²) in [4.78, 5) is 11.9. The first-order valence-corrected chi connectivity index (χ1v) is 8.74. The van der Waals surface area contributed by atoms with Gasteiger partial charge in [0.2, 0.25) is 5.91 Å². The van der Waals surface area contributed by atoms with Gasteiger partial charge in [0.1, 0.15) is 0 Å². The molecule has 0 aliphatic heterocycles. The van der Waals surface area contributed by atoms with E-state index in [2.05, 4.69) is 11.4 Å². The SMILES string of the molecule is N#Cc1cccc(NC(=O)CCCSC2CCCCC2)c1. The number of benzene rings is 1. The number of nitriles is 1. The van der Waals surface area contributed by atoms with Crippen molar-refractivity contribution in [3.8, 4) is 6.07 Å². The summed E-state index contributed by atoms with van der Waals surface area (Å²) in [5.74, 6) is 1.10. The Morgan fingerprint density at radius 3 is 2.90 bits per heavy atom. The highest BCUT2D eigenvalue weighted by atomic mass is 32.2. The predicted octanol–water partition coefficient (Wildman–Crippen LogP) is 4.34. The van der Waals surface area contributed by atoms with Crippen molar-refractivity contribution in [1.82, 2.24) is 0 Å². The molecule has 4 heteroatoms. The third-order valence-electron chi connectivity index (χ3n) is 3.73. The molecule has 1 aromatic carbocycles. The van der Waals surface area contributed by atoms with Gasteiger partial charge in [-0.05, 0) is 43.2 Å². The summed E-state index contributed by atoms with van der Waals surface area (Å²) < 4.78 is 0. The van der Waals surface area contributed by atoms with Crippen LogP contribution >= 0.6 is 11.8 Å². The Kier molecular flexibility index (Phi) is 6.62. The van der Waals surface area contributed by atoms with Crippen LogP contribution in [-0.2, 0) is 4.79 Å². The van der Waals surface area contributed by atoms with E-state index < -0.39 is 0 Å². The van der Waals surface area contributed by atoms with Crippen LogP contribution in [0.5, 0.6) is 0 Å². The molecular formula is C17H22N2OS. The number of nitrogens with zero attached hydrogens (tertiary/aromatic N) is 1. The maximum absolute atomic E-state index is 11.9. The van der Waals surface area contributed by atoms with Crippen molar-refractivity contribution >= 4 is 23.4 Å². The first kappa shape index (κ1) is 15.9. The first-order valence-electron chi connectivity index (χ1n) is 7.69. The van der Waals surface area contributed by atoms with Crippen molar-refractivity contribution in [1.29, 1.82) is 5.26 Å². The van der Waals surface area contributed by atoms with E-state index in [0.29, 0.717) is 17.7 Å². The molecule has 1 fully saturated rings. The zero-order chi connectivity index (χ0) is 14.9. The second-order valence-corrected chi connectivity index (χ2v) is 6.88. The summed E-state index contributed by atoms with van der Waals surface area (Å²) >= 11 is 2.03. The number of nitrogens with one attached hydrogen (secondary N) is 1. The highest BCUT2D eigenvalue weighted by Crippen LogP contribution is 2.28. The zero-order valence-corrected chi connectivity index (χ0v) is 13.1. The predicted molar refractivity (Wildman–Crippen MR) is 88.4 cm³/mol. The number of rotatable bonds is 6. The molecule has 21 heavy (non-hydrogen) atoms. The van der Waals surface area contributed by atoms with Crippen molar-refractivity contribution in [2.75, 3.05) is 11.1 Å². The van der Waals surface area contributed by atoms with Crippen molar-refractivity contribution in [2.24, 2.45) is 0 Å². The summed E-state index contributed by atoms with van der Waals surface area (Å²) in [6, 6.07) is 9.11. The van der Waals surface area contributed by atoms with Crippen LogP contribution in [0, 0.1) is 11.3 Å². The van der Waals surface area contributed by atoms with Crippen molar-refractivity contribution in [3.63, 3.8) is 0 Å². The second kappa shape index (κ2) is 8.74. The molecule has 1 aliphatic rings. The van der Waals surface area contributed by atoms with Crippen LogP contribution in [-0.4, -0.2) is 16.9 Å². The number of hydrogen-bond acceptors (Lipinski definition) is 3. The lowest BCUT2D eigenvalue weighted by Gasteiger charge is -2.20. The molecule has 3 nitrogen and oxygen atoms in total. The summed E-state index contributed by atoms with van der Waals surface area (Å²) in [5, 5.41) is 12.5. The molecule has 0 atom stereocenters. The largest absolute Gasteiger partial charge is 0.326 e. The lowest BCUT2D eigenvalue weighted by atomic mass is 10.0. The van der Waals surface area contributed by atoms with Crippen LogP contribution in [0.4, 0.5) is 5.69 Å². The molecule has 0 radical (unpaired) electrons. The minimum absolute atomic E-state index is 0.0364. The van der Waals surface area contributed by atoms with Crippen LogP contribution in [0.2, 0.25) is 0 Å². The van der Waals surface area contributed by atoms with E-state index in [9.17, 15) is 4.79 Å². The van der Waals surface area contributed by atoms with Gasteiger partial charge in [0, 0.05) is 17.4 Å². The van der Waals surface area contributed by atoms with E-state index in [1.807, 2.05) is 17.8 Å². The fraction of sp³-hybridized carbons (Fsp3) is 0.529. The average molecular weight is 302 g/mol. The van der Waals surface area contributed by atoms with E-state index in [1.165, 1.54) is 32.1 Å². The fourth-order valence-electron chi connectivity index (χ4n) is 2.60. The molecule has 0 heterocycles. The molecule has 0 aromatic heterocycles. The standard InChI is InChI=1S/C17H22N2OS/c18-13-14-6-4-7-15(12-14)19-17(20)10-5-11-21-16-8-2-1-3-9-16/h4,6-7,12,16H,1-3,5,8-11H2,(H,19,20). The van der Waals surface area contributed by atoms with Gasteiger partial charge in [-0.3, -0.25) is 4.79 Å². The minimum atomic E-state index is 0.0364. The molecule has 1 aliphatic carbocycles. The molecule has 0 saturated heterocycles. The molecular weight excluding hydrogens is 280 g/mol. The van der Waals surface area contributed by atoms with Gasteiger partial charge in [0.05, 0.1) is 11.6 Å². The highest BCUT2D eigenvalue weighted by Gasteiger charge is 2.13. The summed E-state index contributed by atoms with van der Waals surface area (Å²) in [6.45, 7) is 0. The van der Waals surface area contributed by atoms with Gasteiger partial charge in [-0.2, -0.15) is 17.0 Å². The van der Waals surface area contributed by atoms with Crippen molar-refractivity contribution in [2.45, 2.75) is 50.2 Å². The van der Waals surface area contributed by atoms with Gasteiger partial charge in [-0.1, -0.05) is 25.3 Å². The number of hydrogen-bond donors (Lipinski definition) is 1. The Morgan fingerprint density at radius 2 is 2.14 bits per heavy atom. The molecule has 1 saturated carbocycles. The van der Waals surface area contributed by atoms with Gasteiger partial charge < -0.3 is 5.32 Å². The number of anilines is 1. The van der Waals surface area contributed by atoms with Crippen molar-refractivity contribution in [3.05, 3.63) is 29.8 Å². The van der Waals surface area contributed by atoms with Gasteiger partial charge in [0.15, 0.2) is 0 Å². The van der Waals surface area contributed by atoms with E-state index in [4.69, 9.17) is 5.26 Å². The summed E-state index contributed by atoms with van der Waals surface area (Å²) in [5.41, 5.74) is 1.28. The van der Waals surface area contributed by atoms with Gasteiger partial charge in [-0.25, -0.2) is 0 Å². The summed E-state index contributed by atoms with van der Waals surface area (Å²) in [6.07, 6.45) is 8.29. The topological polar surface area (TPSA) is 52.9 Å². The molecule has 2 rings (SSSR count). The maximum atomic E-state index is 11.9. The first-order chi connectivity index (χ1) is 10.3. The van der Waals surface area contributed by atoms with Crippen LogP contribution in [0.25, 0.3) is 0 Å². The highest BCUT2D eigenvalue weighted by molar-refractivity contribution is 7.99. The smallest absolute Gasteiger partial charge is 0.224 e. The number of carbonyl (C=O) groups excluding carboxylic acids is 1. The Labute approximate surface area is 131 Å². The Balaban J connectivity index is 1.64. The normalized spacial score (nSPS) is 15.4. The molecule has 1 amide bonds. The lowest BCUT2D eigenvalue weighted by Crippen LogP contribution is -2.12. The third kappa shape index (κ3) is 5.81. The molecule has 0 spiro atoms. The van der Waals surface area contributed by atoms with E-state index in [-0.39, 0.29) is 5.91 Å². The van der Waals surface area contributed by atoms with Crippen molar-refractivity contribution < 1.29 is 4.79 Å². The number of carbonyl (C=O) groups is 1. The molecule has 1 aromatic rings. The number of amides is 1. The van der Waals surface area contributed by atoms with E-state index >= 15 is 0 Å². The lowest BCUT2D eigenvalue weighted by molar-refractivity contribution is -0.116. The molecule has 0 unspecified atom stereocenters. The number of thioether (sulfide) groups is 1. The van der Waals surface area contributed by atoms with Crippen LogP contribution in [0.3, 0.4) is 0 Å². The average Bonchev–Trinajstić information content (AvgIpc) is 2.53. The van der Waals surface area contributed by atoms with Gasteiger partial charge >= 0.3 is 0 Å². The Hall–Kier alpha value is -1.47. The van der Waals surface area contributed by atoms with Crippen LogP contribution < -0.4 is 5.32 Å². The van der Waals surface area contributed by atoms with E-state index in [1.54, 1.807) is 18.2 Å². The molecule has 0 bridgehead atoms. The van der Waals surface area contributed by atoms with Crippen LogP contribution in [0.1, 0.15) is 50.5 Å². The molecule has 112 valence electrons. The summed E-state index contributed by atoms with van der Waals surface area (Å²) in [7, 11) is 0. The van der Waals surface area contributed by atoms with E-state index in [0.717, 1.165) is 17.4 Å². The maximum Gasteiger partial charge on any atom is 0.224 e. The van der Waals surface area contributed by atoms with Gasteiger partial charge in [0.25, 0.3) is 0 Å². The quantitative estimate of drug-likeness (QED) is 0.795. The zero-order valence-electron chi connectivity index (χ0n) is 12.3. The third-order valence-corrected chi connectivity index (χ3v) is 5.20. The minimum Gasteiger partial charge on any atom is -0.326 e. The Bertz CT molecular complexity index is 504. The fourth-order valence-corrected chi connectivity index (χ4v) is 3.92. The van der Waals surface area contributed by atoms with Crippen LogP contribution in [0.15, 0.2) is 24.3 Å². The second-order valence-electron chi connectivity index (χ2n) is 5.48. The molecule has 1 N–H and O–H groups in total.